The van der Waals surface area contributed by atoms with Gasteiger partial charge in [-0.15, -0.1) is 0 Å². The van der Waals surface area contributed by atoms with Crippen LogP contribution in [0, 0.1) is 5.92 Å². The second-order valence-electron chi connectivity index (χ2n) is 5.30. The molecule has 1 aliphatic carbocycles. The van der Waals surface area contributed by atoms with Gasteiger partial charge in [-0.2, -0.15) is 5.06 Å². The Bertz CT molecular complexity index is 243. The van der Waals surface area contributed by atoms with Crippen LogP contribution in [0.3, 0.4) is 0 Å². The molecule has 0 unspecified atom stereocenters. The van der Waals surface area contributed by atoms with E-state index in [4.69, 9.17) is 4.84 Å². The molecule has 3 heteroatoms. The summed E-state index contributed by atoms with van der Waals surface area (Å²) < 4.78 is 0. The predicted octanol–water partition coefficient (Wildman–Crippen LogP) is 2.94. The van der Waals surface area contributed by atoms with Crippen molar-refractivity contribution in [3.05, 3.63) is 11.3 Å². The Labute approximate surface area is 106 Å². The summed E-state index contributed by atoms with van der Waals surface area (Å²) in [4.78, 5) is 5.66. The SMILES string of the molecule is CNC(CCN(C)OCCC(C)C)=C1CCC1. The van der Waals surface area contributed by atoms with Crippen LogP contribution >= 0.6 is 0 Å². The molecule has 3 nitrogen and oxygen atoms in total. The normalized spacial score (nSPS) is 15.3. The van der Waals surface area contributed by atoms with Gasteiger partial charge in [0.25, 0.3) is 0 Å². The Kier molecular flexibility index (Phi) is 6.60. The number of hydroxylamine groups is 2. The topological polar surface area (TPSA) is 24.5 Å². The third kappa shape index (κ3) is 5.55. The van der Waals surface area contributed by atoms with Gasteiger partial charge in [-0.1, -0.05) is 19.4 Å². The van der Waals surface area contributed by atoms with E-state index in [2.05, 4.69) is 19.2 Å². The van der Waals surface area contributed by atoms with E-state index in [1.54, 1.807) is 5.57 Å². The summed E-state index contributed by atoms with van der Waals surface area (Å²) in [7, 11) is 4.05. The average molecular weight is 240 g/mol. The van der Waals surface area contributed by atoms with E-state index in [9.17, 15) is 0 Å². The molecule has 0 saturated heterocycles. The zero-order valence-corrected chi connectivity index (χ0v) is 11.9. The van der Waals surface area contributed by atoms with Crippen molar-refractivity contribution in [2.75, 3.05) is 27.2 Å². The first kappa shape index (κ1) is 14.5. The molecule has 0 aromatic rings. The number of nitrogens with zero attached hydrogens (tertiary/aromatic N) is 1. The molecule has 0 heterocycles. The smallest absolute Gasteiger partial charge is 0.0687 e. The molecular formula is C14H28N2O. The van der Waals surface area contributed by atoms with E-state index in [0.29, 0.717) is 5.92 Å². The average Bonchev–Trinajstić information content (AvgIpc) is 2.20. The van der Waals surface area contributed by atoms with Gasteiger partial charge in [0.15, 0.2) is 0 Å². The molecule has 0 aromatic carbocycles. The lowest BCUT2D eigenvalue weighted by atomic mass is 9.89. The highest BCUT2D eigenvalue weighted by Crippen LogP contribution is 2.28. The minimum absolute atomic E-state index is 0.716. The minimum atomic E-state index is 0.716. The van der Waals surface area contributed by atoms with Crippen molar-refractivity contribution in [1.82, 2.24) is 10.4 Å². The van der Waals surface area contributed by atoms with Gasteiger partial charge < -0.3 is 5.32 Å². The number of rotatable bonds is 8. The predicted molar refractivity (Wildman–Crippen MR) is 72.6 cm³/mol. The largest absolute Gasteiger partial charge is 0.391 e. The monoisotopic (exact) mass is 240 g/mol. The van der Waals surface area contributed by atoms with Gasteiger partial charge in [-0.3, -0.25) is 4.84 Å². The molecule has 0 bridgehead atoms. The summed E-state index contributed by atoms with van der Waals surface area (Å²) >= 11 is 0. The zero-order chi connectivity index (χ0) is 12.7. The second kappa shape index (κ2) is 7.72. The van der Waals surface area contributed by atoms with Crippen LogP contribution < -0.4 is 5.32 Å². The van der Waals surface area contributed by atoms with Gasteiger partial charge in [-0.25, -0.2) is 0 Å². The molecule has 1 saturated carbocycles. The van der Waals surface area contributed by atoms with E-state index in [1.807, 2.05) is 19.2 Å². The van der Waals surface area contributed by atoms with Gasteiger partial charge in [0.1, 0.15) is 0 Å². The third-order valence-corrected chi connectivity index (χ3v) is 3.37. The zero-order valence-electron chi connectivity index (χ0n) is 11.9. The summed E-state index contributed by atoms with van der Waals surface area (Å²) in [5.74, 6) is 0.716. The maximum atomic E-state index is 5.66. The maximum Gasteiger partial charge on any atom is 0.0687 e. The highest BCUT2D eigenvalue weighted by Gasteiger charge is 2.14. The third-order valence-electron chi connectivity index (χ3n) is 3.37. The lowest BCUT2D eigenvalue weighted by molar-refractivity contribution is -0.141. The highest BCUT2D eigenvalue weighted by atomic mass is 16.7. The van der Waals surface area contributed by atoms with Gasteiger partial charge in [0.2, 0.25) is 0 Å². The molecule has 0 radical (unpaired) electrons. The Morgan fingerprint density at radius 3 is 2.59 bits per heavy atom. The molecule has 1 N–H and O–H groups in total. The van der Waals surface area contributed by atoms with Crippen molar-refractivity contribution in [2.45, 2.75) is 46.0 Å². The number of hydrogen-bond donors (Lipinski definition) is 1. The van der Waals surface area contributed by atoms with Crippen LogP contribution in [0.5, 0.6) is 0 Å². The van der Waals surface area contributed by atoms with Crippen molar-refractivity contribution < 1.29 is 4.84 Å². The molecule has 0 atom stereocenters. The van der Waals surface area contributed by atoms with Gasteiger partial charge >= 0.3 is 0 Å². The molecule has 100 valence electrons. The van der Waals surface area contributed by atoms with Crippen molar-refractivity contribution in [1.29, 1.82) is 0 Å². The van der Waals surface area contributed by atoms with Crippen LogP contribution in [0.1, 0.15) is 46.0 Å². The van der Waals surface area contributed by atoms with Crippen LogP contribution in [0.15, 0.2) is 11.3 Å². The van der Waals surface area contributed by atoms with Crippen LogP contribution in [0.4, 0.5) is 0 Å². The van der Waals surface area contributed by atoms with Gasteiger partial charge in [-0.05, 0) is 31.6 Å². The lowest BCUT2D eigenvalue weighted by Crippen LogP contribution is -2.24. The molecule has 0 aliphatic heterocycles. The van der Waals surface area contributed by atoms with Gasteiger partial charge in [0.05, 0.1) is 6.61 Å². The van der Waals surface area contributed by atoms with E-state index >= 15 is 0 Å². The summed E-state index contributed by atoms with van der Waals surface area (Å²) in [5, 5.41) is 5.30. The maximum absolute atomic E-state index is 5.66. The molecule has 0 amide bonds. The molecule has 0 spiro atoms. The van der Waals surface area contributed by atoms with Crippen LogP contribution in [0.2, 0.25) is 0 Å². The Morgan fingerprint density at radius 2 is 2.12 bits per heavy atom. The summed E-state index contributed by atoms with van der Waals surface area (Å²) in [6, 6.07) is 0. The molecule has 17 heavy (non-hydrogen) atoms. The van der Waals surface area contributed by atoms with E-state index < -0.39 is 0 Å². The standard InChI is InChI=1S/C14H28N2O/c1-12(2)9-11-17-16(4)10-8-14(15-3)13-6-5-7-13/h12,15H,5-11H2,1-4H3. The van der Waals surface area contributed by atoms with E-state index in [1.165, 1.54) is 25.0 Å². The fourth-order valence-corrected chi connectivity index (χ4v) is 1.91. The molecule has 1 rings (SSSR count). The molecule has 0 aromatic heterocycles. The summed E-state index contributed by atoms with van der Waals surface area (Å²) in [6.45, 7) is 6.25. The van der Waals surface area contributed by atoms with Gasteiger partial charge in [0, 0.05) is 32.8 Å². The quantitative estimate of drug-likeness (QED) is 0.660. The molecule has 1 aliphatic rings. The van der Waals surface area contributed by atoms with Crippen molar-refractivity contribution in [2.24, 2.45) is 5.92 Å². The van der Waals surface area contributed by atoms with Crippen molar-refractivity contribution in [3.63, 3.8) is 0 Å². The van der Waals surface area contributed by atoms with E-state index in [0.717, 1.165) is 26.0 Å². The number of nitrogens with one attached hydrogen (secondary N) is 1. The van der Waals surface area contributed by atoms with Crippen LogP contribution in [-0.4, -0.2) is 32.3 Å². The lowest BCUT2D eigenvalue weighted by Gasteiger charge is -2.24. The second-order valence-corrected chi connectivity index (χ2v) is 5.30. The number of allylic oxidation sites excluding steroid dienone is 1. The fraction of sp³-hybridized carbons (Fsp3) is 0.857. The minimum Gasteiger partial charge on any atom is -0.391 e. The highest BCUT2D eigenvalue weighted by molar-refractivity contribution is 5.18. The first-order valence-corrected chi connectivity index (χ1v) is 6.86. The first-order valence-electron chi connectivity index (χ1n) is 6.86. The molecular weight excluding hydrogens is 212 g/mol. The van der Waals surface area contributed by atoms with Crippen LogP contribution in [-0.2, 0) is 4.84 Å². The first-order chi connectivity index (χ1) is 8.13. The van der Waals surface area contributed by atoms with E-state index in [-0.39, 0.29) is 0 Å². The Morgan fingerprint density at radius 1 is 1.41 bits per heavy atom. The van der Waals surface area contributed by atoms with Crippen molar-refractivity contribution in [3.8, 4) is 0 Å². The Balaban J connectivity index is 2.16. The Hall–Kier alpha value is -0.540. The van der Waals surface area contributed by atoms with Crippen LogP contribution in [0.25, 0.3) is 0 Å². The summed E-state index contributed by atoms with van der Waals surface area (Å²) in [6.07, 6.45) is 6.14. The molecule has 1 fully saturated rings. The number of hydrogen-bond acceptors (Lipinski definition) is 3. The fourth-order valence-electron chi connectivity index (χ4n) is 1.91. The summed E-state index contributed by atoms with van der Waals surface area (Å²) in [5.41, 5.74) is 3.04. The van der Waals surface area contributed by atoms with Crippen molar-refractivity contribution >= 4 is 0 Å².